The standard InChI is InChI=1S/C24H25ClFN7O/c1-28-21(24(34)29-9-20-23-22(26)19(25)6-7-31(23)14-30-20)13-33(27)11-15-8-18-5-4-17(16-2-3-16)12-32(18)10-15/h4-8,10,12-14,16,28H,2-3,9,11,27H2,1H3,(H,29,34)/b21-13-. The summed E-state index contributed by atoms with van der Waals surface area (Å²) in [6, 6.07) is 7.83. The van der Waals surface area contributed by atoms with E-state index in [1.165, 1.54) is 46.4 Å². The van der Waals surface area contributed by atoms with Crippen LogP contribution in [0.5, 0.6) is 0 Å². The molecule has 1 aliphatic carbocycles. The van der Waals surface area contributed by atoms with Gasteiger partial charge in [-0.15, -0.1) is 0 Å². The summed E-state index contributed by atoms with van der Waals surface area (Å²) in [5, 5.41) is 7.06. The second kappa shape index (κ2) is 9.00. The third kappa shape index (κ3) is 4.44. The van der Waals surface area contributed by atoms with Gasteiger partial charge < -0.3 is 24.4 Å². The molecule has 0 radical (unpaired) electrons. The molecule has 0 aliphatic heterocycles. The molecule has 1 amide bonds. The molecule has 34 heavy (non-hydrogen) atoms. The number of nitrogens with two attached hydrogens (primary N) is 1. The first-order chi connectivity index (χ1) is 16.4. The predicted octanol–water partition coefficient (Wildman–Crippen LogP) is 3.31. The molecule has 10 heteroatoms. The number of halogens is 2. The topological polar surface area (TPSA) is 92.1 Å². The second-order valence-corrected chi connectivity index (χ2v) is 8.90. The zero-order chi connectivity index (χ0) is 23.8. The van der Waals surface area contributed by atoms with E-state index in [2.05, 4.69) is 50.6 Å². The first-order valence-corrected chi connectivity index (χ1v) is 11.4. The Labute approximate surface area is 200 Å². The molecule has 0 aromatic carbocycles. The average molecular weight is 482 g/mol. The van der Waals surface area contributed by atoms with Crippen LogP contribution in [-0.2, 0) is 17.9 Å². The molecule has 4 aromatic rings. The largest absolute Gasteiger partial charge is 0.382 e. The van der Waals surface area contributed by atoms with Crippen molar-refractivity contribution in [1.29, 1.82) is 0 Å². The number of nitrogens with one attached hydrogen (secondary N) is 2. The Balaban J connectivity index is 1.25. The minimum absolute atomic E-state index is 0.00254. The van der Waals surface area contributed by atoms with Gasteiger partial charge in [0.05, 0.1) is 30.1 Å². The molecule has 1 saturated carbocycles. The van der Waals surface area contributed by atoms with Crippen molar-refractivity contribution >= 4 is 28.5 Å². The lowest BCUT2D eigenvalue weighted by Gasteiger charge is -2.15. The molecular formula is C24H25ClFN7O. The normalized spacial score (nSPS) is 14.1. The number of likely N-dealkylation sites (N-methyl/N-ethyl adjacent to an activating group) is 1. The Morgan fingerprint density at radius 3 is 2.91 bits per heavy atom. The van der Waals surface area contributed by atoms with Gasteiger partial charge in [0.15, 0.2) is 5.82 Å². The van der Waals surface area contributed by atoms with Crippen LogP contribution in [0.15, 0.2) is 61.1 Å². The summed E-state index contributed by atoms with van der Waals surface area (Å²) in [6.07, 6.45) is 11.4. The molecule has 0 atom stereocenters. The lowest BCUT2D eigenvalue weighted by molar-refractivity contribution is -0.118. The number of carbonyl (C=O) groups excluding carboxylic acids is 1. The average Bonchev–Trinajstić information content (AvgIpc) is 3.47. The summed E-state index contributed by atoms with van der Waals surface area (Å²) in [5.41, 5.74) is 4.36. The van der Waals surface area contributed by atoms with E-state index in [-0.39, 0.29) is 22.8 Å². The number of rotatable bonds is 8. The van der Waals surface area contributed by atoms with Gasteiger partial charge in [0.2, 0.25) is 0 Å². The third-order valence-corrected chi connectivity index (χ3v) is 6.27. The molecule has 4 heterocycles. The van der Waals surface area contributed by atoms with Crippen LogP contribution < -0.4 is 16.5 Å². The zero-order valence-corrected chi connectivity index (χ0v) is 19.4. The summed E-state index contributed by atoms with van der Waals surface area (Å²) < 4.78 is 18.0. The summed E-state index contributed by atoms with van der Waals surface area (Å²) in [7, 11) is 1.64. The summed E-state index contributed by atoms with van der Waals surface area (Å²) >= 11 is 5.88. The van der Waals surface area contributed by atoms with Crippen molar-refractivity contribution in [3.8, 4) is 0 Å². The van der Waals surface area contributed by atoms with Gasteiger partial charge in [0.25, 0.3) is 5.91 Å². The van der Waals surface area contributed by atoms with Crippen molar-refractivity contribution in [2.75, 3.05) is 7.05 Å². The van der Waals surface area contributed by atoms with Gasteiger partial charge in [-0.2, -0.15) is 0 Å². The SMILES string of the molecule is CN/C(=C\N(N)Cc1cc2ccc(C3CC3)cn2c1)C(=O)NCc1ncn2ccc(Cl)c(F)c12. The molecule has 0 unspecified atom stereocenters. The van der Waals surface area contributed by atoms with E-state index in [9.17, 15) is 9.18 Å². The predicted molar refractivity (Wildman–Crippen MR) is 128 cm³/mol. The number of carbonyl (C=O) groups is 1. The second-order valence-electron chi connectivity index (χ2n) is 8.49. The lowest BCUT2D eigenvalue weighted by Crippen LogP contribution is -2.34. The molecule has 8 nitrogen and oxygen atoms in total. The highest BCUT2D eigenvalue weighted by molar-refractivity contribution is 6.31. The van der Waals surface area contributed by atoms with Gasteiger partial charge in [-0.25, -0.2) is 15.2 Å². The smallest absolute Gasteiger partial charge is 0.269 e. The summed E-state index contributed by atoms with van der Waals surface area (Å²) in [5.74, 6) is 5.90. The van der Waals surface area contributed by atoms with E-state index in [0.717, 1.165) is 11.1 Å². The molecular weight excluding hydrogens is 457 g/mol. The van der Waals surface area contributed by atoms with Gasteiger partial charge in [0, 0.05) is 37.4 Å². The van der Waals surface area contributed by atoms with E-state index in [1.807, 2.05) is 0 Å². The molecule has 1 aliphatic rings. The molecule has 4 N–H and O–H groups in total. The van der Waals surface area contributed by atoms with Crippen LogP contribution in [0.25, 0.3) is 11.0 Å². The number of hydrogen-bond acceptors (Lipinski definition) is 5. The molecule has 4 aromatic heterocycles. The van der Waals surface area contributed by atoms with Gasteiger partial charge in [-0.1, -0.05) is 17.7 Å². The minimum atomic E-state index is -0.576. The van der Waals surface area contributed by atoms with Crippen molar-refractivity contribution in [2.24, 2.45) is 5.84 Å². The maximum Gasteiger partial charge on any atom is 0.269 e. The van der Waals surface area contributed by atoms with Crippen molar-refractivity contribution in [1.82, 2.24) is 29.4 Å². The first kappa shape index (κ1) is 22.2. The van der Waals surface area contributed by atoms with Crippen molar-refractivity contribution in [3.05, 3.63) is 88.7 Å². The number of aromatic nitrogens is 3. The van der Waals surface area contributed by atoms with Gasteiger partial charge >= 0.3 is 0 Å². The quantitative estimate of drug-likeness (QED) is 0.204. The highest BCUT2D eigenvalue weighted by atomic mass is 35.5. The van der Waals surface area contributed by atoms with E-state index in [1.54, 1.807) is 13.2 Å². The first-order valence-electron chi connectivity index (χ1n) is 11.0. The molecule has 176 valence electrons. The van der Waals surface area contributed by atoms with Crippen LogP contribution in [0.4, 0.5) is 4.39 Å². The van der Waals surface area contributed by atoms with Crippen molar-refractivity contribution in [2.45, 2.75) is 31.8 Å². The fraction of sp³-hybridized carbons (Fsp3) is 0.250. The number of hydrogen-bond donors (Lipinski definition) is 3. The Morgan fingerprint density at radius 1 is 1.32 bits per heavy atom. The summed E-state index contributed by atoms with van der Waals surface area (Å²) in [6.45, 7) is 0.457. The Bertz CT molecular complexity index is 1410. The molecule has 0 spiro atoms. The van der Waals surface area contributed by atoms with Crippen LogP contribution in [-0.4, -0.2) is 31.7 Å². The molecule has 5 rings (SSSR count). The number of amides is 1. The molecule has 0 saturated heterocycles. The van der Waals surface area contributed by atoms with Crippen LogP contribution in [0, 0.1) is 5.82 Å². The summed E-state index contributed by atoms with van der Waals surface area (Å²) in [4.78, 5) is 16.9. The fourth-order valence-corrected chi connectivity index (χ4v) is 4.21. The Kier molecular flexibility index (Phi) is 5.89. The molecule has 0 bridgehead atoms. The monoisotopic (exact) mass is 481 g/mol. The van der Waals surface area contributed by atoms with E-state index < -0.39 is 11.7 Å². The van der Waals surface area contributed by atoms with E-state index >= 15 is 0 Å². The minimum Gasteiger partial charge on any atom is -0.382 e. The van der Waals surface area contributed by atoms with Crippen LogP contribution in [0.1, 0.15) is 35.6 Å². The Hall–Kier alpha value is -3.56. The fourth-order valence-electron chi connectivity index (χ4n) is 4.06. The molecule has 1 fully saturated rings. The third-order valence-electron chi connectivity index (χ3n) is 5.98. The number of imidazole rings is 1. The maximum absolute atomic E-state index is 14.4. The highest BCUT2D eigenvalue weighted by Gasteiger charge is 2.23. The number of hydrazine groups is 1. The van der Waals surface area contributed by atoms with Crippen molar-refractivity contribution < 1.29 is 9.18 Å². The Morgan fingerprint density at radius 2 is 2.15 bits per heavy atom. The van der Waals surface area contributed by atoms with Crippen LogP contribution in [0.2, 0.25) is 5.02 Å². The number of fused-ring (bicyclic) bond motifs is 2. The van der Waals surface area contributed by atoms with E-state index in [0.29, 0.717) is 18.2 Å². The van der Waals surface area contributed by atoms with Crippen molar-refractivity contribution in [3.63, 3.8) is 0 Å². The van der Waals surface area contributed by atoms with Crippen LogP contribution >= 0.6 is 11.6 Å². The zero-order valence-electron chi connectivity index (χ0n) is 18.6. The van der Waals surface area contributed by atoms with Gasteiger partial charge in [0.1, 0.15) is 11.2 Å². The lowest BCUT2D eigenvalue weighted by atomic mass is 10.2. The van der Waals surface area contributed by atoms with Gasteiger partial charge in [-0.3, -0.25) is 4.79 Å². The maximum atomic E-state index is 14.4. The van der Waals surface area contributed by atoms with Gasteiger partial charge in [-0.05, 0) is 48.1 Å². The van der Waals surface area contributed by atoms with Crippen LogP contribution in [0.3, 0.4) is 0 Å². The van der Waals surface area contributed by atoms with E-state index in [4.69, 9.17) is 17.4 Å². The number of pyridine rings is 2. The highest BCUT2D eigenvalue weighted by Crippen LogP contribution is 2.40. The number of nitrogens with zero attached hydrogens (tertiary/aromatic N) is 4.